The molecule has 1 aliphatic rings. The molecule has 9 nitrogen and oxygen atoms in total. The molecule has 2 aromatic heterocycles. The summed E-state index contributed by atoms with van der Waals surface area (Å²) in [4.78, 5) is 19.9. The fraction of sp³-hybridized carbons (Fsp3) is 0.423. The second-order valence-corrected chi connectivity index (χ2v) is 12.1. The van der Waals surface area contributed by atoms with Gasteiger partial charge in [0.05, 0.1) is 24.1 Å². The van der Waals surface area contributed by atoms with Crippen LogP contribution in [0, 0.1) is 17.2 Å². The van der Waals surface area contributed by atoms with E-state index in [1.165, 1.54) is 30.5 Å². The number of hydrogen-bond donors (Lipinski definition) is 2. The van der Waals surface area contributed by atoms with Crippen molar-refractivity contribution >= 4 is 21.7 Å². The first-order chi connectivity index (χ1) is 17.4. The molecule has 3 aromatic rings. The average molecular weight is 532 g/mol. The van der Waals surface area contributed by atoms with E-state index in [-0.39, 0.29) is 23.3 Å². The number of piperidine rings is 1. The molecule has 1 aromatic carbocycles. The number of anilines is 1. The van der Waals surface area contributed by atoms with Crippen molar-refractivity contribution in [1.82, 2.24) is 19.9 Å². The Bertz CT molecular complexity index is 1370. The molecule has 1 fully saturated rings. The molecule has 37 heavy (non-hydrogen) atoms. The molecule has 0 spiro atoms. The van der Waals surface area contributed by atoms with Gasteiger partial charge in [0.15, 0.2) is 5.03 Å². The molecule has 4 rings (SSSR count). The van der Waals surface area contributed by atoms with Crippen LogP contribution in [-0.2, 0) is 10.0 Å². The number of nitrogens with one attached hydrogen (secondary N) is 2. The Balaban J connectivity index is 0.00000400. The van der Waals surface area contributed by atoms with Gasteiger partial charge < -0.3 is 9.64 Å². The standard InChI is InChI=1S/C26H32FN5O4S.H2/c1-17(2)16-36-20-14-18(13-19(27)15-20)22-6-5-21(24(29-22)32-11-8-26(3,4)9-12-32)25(33)31-37(34,35)23-7-10-28-30-23;/h5-7,10,13-15,17H,8-9,11-12,16H2,1-4H3,(H,28,30)(H,31,33);1H. The highest BCUT2D eigenvalue weighted by molar-refractivity contribution is 7.90. The largest absolute Gasteiger partial charge is 0.493 e. The van der Waals surface area contributed by atoms with Gasteiger partial charge in [-0.3, -0.25) is 9.89 Å². The molecule has 0 radical (unpaired) electrons. The molecule has 3 heterocycles. The van der Waals surface area contributed by atoms with E-state index >= 15 is 0 Å². The van der Waals surface area contributed by atoms with Crippen LogP contribution in [0.3, 0.4) is 0 Å². The van der Waals surface area contributed by atoms with Crippen LogP contribution >= 0.6 is 0 Å². The van der Waals surface area contributed by atoms with Gasteiger partial charge in [0.25, 0.3) is 15.9 Å². The Labute approximate surface area is 218 Å². The van der Waals surface area contributed by atoms with Crippen molar-refractivity contribution in [2.75, 3.05) is 24.6 Å². The summed E-state index contributed by atoms with van der Waals surface area (Å²) in [6, 6.07) is 8.75. The van der Waals surface area contributed by atoms with Crippen LogP contribution in [0.5, 0.6) is 5.75 Å². The lowest BCUT2D eigenvalue weighted by Gasteiger charge is -2.38. The monoisotopic (exact) mass is 531 g/mol. The molecule has 1 saturated heterocycles. The minimum absolute atomic E-state index is 0. The van der Waals surface area contributed by atoms with Crippen molar-refractivity contribution in [3.8, 4) is 17.0 Å². The van der Waals surface area contributed by atoms with Gasteiger partial charge in [-0.15, -0.1) is 0 Å². The zero-order chi connectivity index (χ0) is 26.8. The van der Waals surface area contributed by atoms with Crippen LogP contribution in [0.15, 0.2) is 47.6 Å². The zero-order valence-corrected chi connectivity index (χ0v) is 22.2. The van der Waals surface area contributed by atoms with E-state index in [1.807, 2.05) is 18.7 Å². The second-order valence-electron chi connectivity index (χ2n) is 10.5. The van der Waals surface area contributed by atoms with Crippen LogP contribution in [0.4, 0.5) is 10.2 Å². The van der Waals surface area contributed by atoms with Gasteiger partial charge >= 0.3 is 0 Å². The number of aromatic nitrogens is 3. The van der Waals surface area contributed by atoms with Gasteiger partial charge in [0.2, 0.25) is 0 Å². The number of rotatable bonds is 8. The third-order valence-electron chi connectivity index (χ3n) is 6.28. The Morgan fingerprint density at radius 1 is 1.22 bits per heavy atom. The topological polar surface area (TPSA) is 117 Å². The van der Waals surface area contributed by atoms with Gasteiger partial charge in [-0.05, 0) is 54.5 Å². The Hall–Kier alpha value is -3.47. The van der Waals surface area contributed by atoms with E-state index in [1.54, 1.807) is 12.1 Å². The molecule has 0 bridgehead atoms. The number of ether oxygens (including phenoxy) is 1. The lowest BCUT2D eigenvalue weighted by molar-refractivity contribution is 0.0981. The number of hydrogen-bond acceptors (Lipinski definition) is 7. The first-order valence-electron chi connectivity index (χ1n) is 12.2. The number of aromatic amines is 1. The third-order valence-corrected chi connectivity index (χ3v) is 7.54. The number of pyridine rings is 1. The molecule has 200 valence electrons. The minimum Gasteiger partial charge on any atom is -0.493 e. The SMILES string of the molecule is CC(C)COc1cc(F)cc(-c2ccc(C(=O)NS(=O)(=O)c3ccn[nH]3)c(N3CCC(C)(C)CC3)n2)c1.[HH]. The van der Waals surface area contributed by atoms with E-state index in [2.05, 4.69) is 28.8 Å². The van der Waals surface area contributed by atoms with Gasteiger partial charge in [0, 0.05) is 26.1 Å². The molecule has 1 aliphatic heterocycles. The number of H-pyrrole nitrogens is 1. The summed E-state index contributed by atoms with van der Waals surface area (Å²) in [5, 5.41) is 5.77. The van der Waals surface area contributed by atoms with Crippen LogP contribution in [0.25, 0.3) is 11.3 Å². The smallest absolute Gasteiger partial charge is 0.281 e. The predicted octanol–water partition coefficient (Wildman–Crippen LogP) is 4.64. The Morgan fingerprint density at radius 3 is 2.59 bits per heavy atom. The molecule has 2 N–H and O–H groups in total. The number of benzene rings is 1. The first-order valence-corrected chi connectivity index (χ1v) is 13.7. The first kappa shape index (κ1) is 26.6. The molecule has 0 aliphatic carbocycles. The average Bonchev–Trinajstić information content (AvgIpc) is 3.38. The number of carbonyl (C=O) groups excluding carboxylic acids is 1. The Kier molecular flexibility index (Phi) is 7.54. The maximum atomic E-state index is 14.4. The van der Waals surface area contributed by atoms with Crippen LogP contribution in [0.1, 0.15) is 52.3 Å². The summed E-state index contributed by atoms with van der Waals surface area (Å²) in [6.07, 6.45) is 3.04. The summed E-state index contributed by atoms with van der Waals surface area (Å²) in [7, 11) is -4.15. The number of sulfonamides is 1. The normalized spacial score (nSPS) is 15.6. The van der Waals surface area contributed by atoms with Crippen molar-refractivity contribution in [2.45, 2.75) is 45.6 Å². The molecule has 1 amide bonds. The van der Waals surface area contributed by atoms with Gasteiger partial charge in [-0.1, -0.05) is 27.7 Å². The molecule has 0 saturated carbocycles. The van der Waals surface area contributed by atoms with E-state index in [4.69, 9.17) is 9.72 Å². The fourth-order valence-electron chi connectivity index (χ4n) is 4.03. The van der Waals surface area contributed by atoms with Crippen molar-refractivity contribution in [2.24, 2.45) is 11.3 Å². The summed E-state index contributed by atoms with van der Waals surface area (Å²) in [5.74, 6) is -0.269. The lowest BCUT2D eigenvalue weighted by atomic mass is 9.82. The van der Waals surface area contributed by atoms with Gasteiger partial charge in [-0.2, -0.15) is 13.5 Å². The maximum Gasteiger partial charge on any atom is 0.281 e. The van der Waals surface area contributed by atoms with Crippen molar-refractivity contribution in [3.63, 3.8) is 0 Å². The minimum atomic E-state index is -4.15. The molecule has 0 unspecified atom stereocenters. The van der Waals surface area contributed by atoms with E-state index in [0.717, 1.165) is 12.8 Å². The number of carbonyl (C=O) groups is 1. The summed E-state index contributed by atoms with van der Waals surface area (Å²) >= 11 is 0. The maximum absolute atomic E-state index is 14.4. The fourth-order valence-corrected chi connectivity index (χ4v) is 4.91. The highest BCUT2D eigenvalue weighted by Gasteiger charge is 2.30. The van der Waals surface area contributed by atoms with Crippen LogP contribution in [-0.4, -0.2) is 49.2 Å². The highest BCUT2D eigenvalue weighted by atomic mass is 32.2. The summed E-state index contributed by atoms with van der Waals surface area (Å²) < 4.78 is 47.5. The van der Waals surface area contributed by atoms with Gasteiger partial charge in [0.1, 0.15) is 17.4 Å². The van der Waals surface area contributed by atoms with Crippen LogP contribution < -0.4 is 14.4 Å². The molecule has 11 heteroatoms. The second kappa shape index (κ2) is 10.5. The summed E-state index contributed by atoms with van der Waals surface area (Å²) in [6.45, 7) is 10.1. The quantitative estimate of drug-likeness (QED) is 0.435. The van der Waals surface area contributed by atoms with E-state index < -0.39 is 21.7 Å². The van der Waals surface area contributed by atoms with E-state index in [0.29, 0.717) is 42.5 Å². The van der Waals surface area contributed by atoms with E-state index in [9.17, 15) is 17.6 Å². The van der Waals surface area contributed by atoms with Crippen molar-refractivity contribution in [1.29, 1.82) is 0 Å². The third kappa shape index (κ3) is 6.46. The predicted molar refractivity (Wildman–Crippen MR) is 141 cm³/mol. The van der Waals surface area contributed by atoms with Gasteiger partial charge in [-0.25, -0.2) is 14.1 Å². The molecular weight excluding hydrogens is 497 g/mol. The summed E-state index contributed by atoms with van der Waals surface area (Å²) in [5.41, 5.74) is 1.20. The highest BCUT2D eigenvalue weighted by Crippen LogP contribution is 2.34. The number of nitrogens with zero attached hydrogens (tertiary/aromatic N) is 3. The number of halogens is 1. The van der Waals surface area contributed by atoms with Crippen molar-refractivity contribution in [3.05, 3.63) is 54.0 Å². The Morgan fingerprint density at radius 2 is 1.95 bits per heavy atom. The van der Waals surface area contributed by atoms with Crippen LogP contribution in [0.2, 0.25) is 0 Å². The lowest BCUT2D eigenvalue weighted by Crippen LogP contribution is -2.39. The number of amides is 1. The zero-order valence-electron chi connectivity index (χ0n) is 21.4. The molecular formula is C26H34FN5O4S. The van der Waals surface area contributed by atoms with Crippen molar-refractivity contribution < 1.29 is 23.8 Å². The molecule has 0 atom stereocenters.